The first-order valence-corrected chi connectivity index (χ1v) is 9.64. The van der Waals surface area contributed by atoms with Crippen molar-refractivity contribution in [1.82, 2.24) is 24.8 Å². The molecule has 1 aliphatic rings. The van der Waals surface area contributed by atoms with E-state index in [0.717, 1.165) is 49.9 Å². The summed E-state index contributed by atoms with van der Waals surface area (Å²) in [7, 11) is 1.87. The van der Waals surface area contributed by atoms with E-state index in [1.54, 1.807) is 0 Å². The van der Waals surface area contributed by atoms with Crippen molar-refractivity contribution in [2.45, 2.75) is 25.2 Å². The Kier molecular flexibility index (Phi) is 7.24. The number of nitrogens with zero attached hydrogens (tertiary/aromatic N) is 5. The van der Waals surface area contributed by atoms with Gasteiger partial charge in [-0.05, 0) is 30.5 Å². The molecule has 1 aliphatic heterocycles. The van der Waals surface area contributed by atoms with E-state index in [4.69, 9.17) is 0 Å². The molecule has 1 saturated heterocycles. The van der Waals surface area contributed by atoms with Crippen LogP contribution in [0, 0.1) is 0 Å². The average Bonchev–Trinajstić information content (AvgIpc) is 3.36. The summed E-state index contributed by atoms with van der Waals surface area (Å²) >= 11 is 0. The Hall–Kier alpha value is -2.16. The first-order valence-electron chi connectivity index (χ1n) is 9.64. The zero-order chi connectivity index (χ0) is 18.5. The summed E-state index contributed by atoms with van der Waals surface area (Å²) in [5.74, 6) is 2.60. The summed E-state index contributed by atoms with van der Waals surface area (Å²) in [6.45, 7) is 2.95. The van der Waals surface area contributed by atoms with Crippen molar-refractivity contribution in [3.8, 4) is 0 Å². The highest BCUT2D eigenvalue weighted by Gasteiger charge is 2.25. The Balaban J connectivity index is 0.00000225. The molecule has 0 bridgehead atoms. The SMILES string of the molecule is CN=C(NCCCc1nnc2ccccn12)N1CCC(c2ccccc2)C1.I. The van der Waals surface area contributed by atoms with Gasteiger partial charge in [-0.2, -0.15) is 0 Å². The van der Waals surface area contributed by atoms with Crippen molar-refractivity contribution < 1.29 is 0 Å². The fraction of sp³-hybridized carbons (Fsp3) is 0.381. The number of aromatic nitrogens is 3. The van der Waals surface area contributed by atoms with Crippen molar-refractivity contribution in [1.29, 1.82) is 0 Å². The van der Waals surface area contributed by atoms with Gasteiger partial charge in [-0.1, -0.05) is 36.4 Å². The van der Waals surface area contributed by atoms with Gasteiger partial charge < -0.3 is 10.2 Å². The second-order valence-corrected chi connectivity index (χ2v) is 6.96. The largest absolute Gasteiger partial charge is 0.356 e. The van der Waals surface area contributed by atoms with Gasteiger partial charge >= 0.3 is 0 Å². The summed E-state index contributed by atoms with van der Waals surface area (Å²) in [6.07, 6.45) is 5.08. The van der Waals surface area contributed by atoms with Crippen LogP contribution in [0.1, 0.15) is 30.1 Å². The lowest BCUT2D eigenvalue weighted by Gasteiger charge is -2.21. The van der Waals surface area contributed by atoms with Gasteiger partial charge in [0.15, 0.2) is 11.6 Å². The topological polar surface area (TPSA) is 57.8 Å². The lowest BCUT2D eigenvalue weighted by atomic mass is 9.99. The van der Waals surface area contributed by atoms with E-state index < -0.39 is 0 Å². The number of rotatable bonds is 5. The Morgan fingerprint density at radius 3 is 2.79 bits per heavy atom. The quantitative estimate of drug-likeness (QED) is 0.258. The monoisotopic (exact) mass is 490 g/mol. The van der Waals surface area contributed by atoms with E-state index in [9.17, 15) is 0 Å². The van der Waals surface area contributed by atoms with Gasteiger partial charge in [-0.15, -0.1) is 34.2 Å². The van der Waals surface area contributed by atoms with E-state index in [2.05, 4.69) is 60.1 Å². The van der Waals surface area contributed by atoms with Crippen LogP contribution in [0.5, 0.6) is 0 Å². The maximum Gasteiger partial charge on any atom is 0.193 e. The highest BCUT2D eigenvalue weighted by atomic mass is 127. The molecule has 1 unspecified atom stereocenters. The van der Waals surface area contributed by atoms with Gasteiger partial charge in [0, 0.05) is 45.2 Å². The van der Waals surface area contributed by atoms with Crippen LogP contribution in [0.2, 0.25) is 0 Å². The van der Waals surface area contributed by atoms with Crippen LogP contribution in [-0.4, -0.2) is 52.1 Å². The standard InChI is InChI=1S/C21H26N6.HI/c1-22-21(26-15-12-18(16-26)17-8-3-2-4-9-17)23-13-7-11-20-25-24-19-10-5-6-14-27(19)20;/h2-6,8-10,14,18H,7,11-13,15-16H2,1H3,(H,22,23);1H. The van der Waals surface area contributed by atoms with Gasteiger partial charge in [0.25, 0.3) is 0 Å². The lowest BCUT2D eigenvalue weighted by Crippen LogP contribution is -2.40. The molecule has 0 saturated carbocycles. The molecule has 1 fully saturated rings. The minimum absolute atomic E-state index is 0. The lowest BCUT2D eigenvalue weighted by molar-refractivity contribution is 0.484. The van der Waals surface area contributed by atoms with Crippen molar-refractivity contribution >= 4 is 35.6 Å². The number of hydrogen-bond acceptors (Lipinski definition) is 3. The van der Waals surface area contributed by atoms with E-state index >= 15 is 0 Å². The van der Waals surface area contributed by atoms with Crippen molar-refractivity contribution in [3.63, 3.8) is 0 Å². The molecule has 1 atom stereocenters. The molecule has 1 aromatic carbocycles. The van der Waals surface area contributed by atoms with Crippen LogP contribution in [0.3, 0.4) is 0 Å². The van der Waals surface area contributed by atoms with Crippen LogP contribution in [0.15, 0.2) is 59.7 Å². The summed E-state index contributed by atoms with van der Waals surface area (Å²) < 4.78 is 2.06. The highest BCUT2D eigenvalue weighted by molar-refractivity contribution is 14.0. The molecular weight excluding hydrogens is 463 g/mol. The molecule has 0 radical (unpaired) electrons. The van der Waals surface area contributed by atoms with Crippen LogP contribution in [0.25, 0.3) is 5.65 Å². The van der Waals surface area contributed by atoms with E-state index in [-0.39, 0.29) is 24.0 Å². The number of aliphatic imine (C=N–C) groups is 1. The number of benzene rings is 1. The number of fused-ring (bicyclic) bond motifs is 1. The third-order valence-electron chi connectivity index (χ3n) is 5.22. The minimum Gasteiger partial charge on any atom is -0.356 e. The van der Waals surface area contributed by atoms with Crippen LogP contribution in [-0.2, 0) is 6.42 Å². The molecule has 1 N–H and O–H groups in total. The minimum atomic E-state index is 0. The van der Waals surface area contributed by atoms with Gasteiger partial charge in [0.1, 0.15) is 5.82 Å². The molecule has 2 aromatic heterocycles. The zero-order valence-electron chi connectivity index (χ0n) is 16.2. The predicted molar refractivity (Wildman–Crippen MR) is 123 cm³/mol. The third-order valence-corrected chi connectivity index (χ3v) is 5.22. The molecule has 0 spiro atoms. The van der Waals surface area contributed by atoms with Crippen molar-refractivity contribution in [3.05, 3.63) is 66.1 Å². The van der Waals surface area contributed by atoms with Crippen molar-refractivity contribution in [2.75, 3.05) is 26.7 Å². The fourth-order valence-electron chi connectivity index (χ4n) is 3.79. The maximum atomic E-state index is 4.48. The molecule has 148 valence electrons. The molecule has 6 nitrogen and oxygen atoms in total. The number of nitrogens with one attached hydrogen (secondary N) is 1. The average molecular weight is 490 g/mol. The summed E-state index contributed by atoms with van der Waals surface area (Å²) in [6, 6.07) is 16.8. The Bertz CT molecular complexity index is 907. The number of halogens is 1. The number of guanidine groups is 1. The van der Waals surface area contributed by atoms with Crippen LogP contribution < -0.4 is 5.32 Å². The molecule has 0 amide bonds. The first kappa shape index (κ1) is 20.6. The normalized spacial score (nSPS) is 17.0. The molecule has 3 heterocycles. The van der Waals surface area contributed by atoms with E-state index in [1.807, 2.05) is 31.4 Å². The number of aryl methyl sites for hydroxylation is 1. The fourth-order valence-corrected chi connectivity index (χ4v) is 3.79. The molecule has 28 heavy (non-hydrogen) atoms. The van der Waals surface area contributed by atoms with Crippen LogP contribution in [0.4, 0.5) is 0 Å². The molecule has 3 aromatic rings. The third kappa shape index (κ3) is 4.63. The van der Waals surface area contributed by atoms with Crippen LogP contribution >= 0.6 is 24.0 Å². The summed E-state index contributed by atoms with van der Waals surface area (Å²) in [4.78, 5) is 6.85. The molecule has 4 rings (SSSR count). The zero-order valence-corrected chi connectivity index (χ0v) is 18.5. The number of pyridine rings is 1. The Morgan fingerprint density at radius 1 is 1.14 bits per heavy atom. The van der Waals surface area contributed by atoms with Gasteiger partial charge in [-0.25, -0.2) is 0 Å². The molecular formula is C21H27IN6. The molecule has 0 aliphatic carbocycles. The number of likely N-dealkylation sites (tertiary alicyclic amines) is 1. The first-order chi connectivity index (χ1) is 13.3. The van der Waals surface area contributed by atoms with Gasteiger partial charge in [0.05, 0.1) is 0 Å². The van der Waals surface area contributed by atoms with Crippen molar-refractivity contribution in [2.24, 2.45) is 4.99 Å². The van der Waals surface area contributed by atoms with E-state index in [1.165, 1.54) is 12.0 Å². The summed E-state index contributed by atoms with van der Waals surface area (Å²) in [5.41, 5.74) is 2.33. The molecule has 7 heteroatoms. The maximum absolute atomic E-state index is 4.48. The van der Waals surface area contributed by atoms with Gasteiger partial charge in [-0.3, -0.25) is 9.39 Å². The highest BCUT2D eigenvalue weighted by Crippen LogP contribution is 2.26. The van der Waals surface area contributed by atoms with E-state index in [0.29, 0.717) is 5.92 Å². The summed E-state index contributed by atoms with van der Waals surface area (Å²) in [5, 5.41) is 12.0. The number of hydrogen-bond donors (Lipinski definition) is 1. The Labute approximate surface area is 183 Å². The predicted octanol–water partition coefficient (Wildman–Crippen LogP) is 3.34. The second kappa shape index (κ2) is 9.86. The van der Waals surface area contributed by atoms with Gasteiger partial charge in [0.2, 0.25) is 0 Å². The Morgan fingerprint density at radius 2 is 1.96 bits per heavy atom. The second-order valence-electron chi connectivity index (χ2n) is 6.96. The smallest absolute Gasteiger partial charge is 0.193 e.